The van der Waals surface area contributed by atoms with Crippen LogP contribution >= 0.6 is 0 Å². The predicted octanol–water partition coefficient (Wildman–Crippen LogP) is 3.67. The molecule has 114 valence electrons. The lowest BCUT2D eigenvalue weighted by Gasteiger charge is -2.21. The van der Waals surface area contributed by atoms with Crippen molar-refractivity contribution in [3.63, 3.8) is 0 Å². The van der Waals surface area contributed by atoms with E-state index >= 15 is 0 Å². The zero-order valence-corrected chi connectivity index (χ0v) is 14.5. The quantitative estimate of drug-likeness (QED) is 0.288. The number of hydrogen-bond acceptors (Lipinski definition) is 3. The van der Waals surface area contributed by atoms with E-state index in [0.717, 1.165) is 18.2 Å². The maximum Gasteiger partial charge on any atom is 0.147 e. The van der Waals surface area contributed by atoms with Crippen LogP contribution in [0.15, 0.2) is 12.2 Å². The SMILES string of the molecule is C=C(C[C@@H](O)C(C)C)[C@@H](C)OCOCC[Si](C)(C)C. The fourth-order valence-electron chi connectivity index (χ4n) is 1.38. The standard InChI is InChI=1S/C15H32O3Si/c1-12(2)15(16)10-13(3)14(4)18-11-17-8-9-19(5,6)7/h12,14-16H,3,8-11H2,1-2,4-7H3/t14-,15-/m1/s1. The van der Waals surface area contributed by atoms with Gasteiger partial charge in [0.15, 0.2) is 0 Å². The molecule has 0 saturated heterocycles. The Hall–Kier alpha value is -0.163. The molecule has 0 rings (SSSR count). The second-order valence-corrected chi connectivity index (χ2v) is 12.4. The van der Waals surface area contributed by atoms with E-state index in [0.29, 0.717) is 13.2 Å². The largest absolute Gasteiger partial charge is 0.393 e. The smallest absolute Gasteiger partial charge is 0.147 e. The summed E-state index contributed by atoms with van der Waals surface area (Å²) in [6.07, 6.45) is 0.180. The molecule has 0 saturated carbocycles. The van der Waals surface area contributed by atoms with Crippen molar-refractivity contribution >= 4 is 8.07 Å². The van der Waals surface area contributed by atoms with Crippen molar-refractivity contribution in [2.24, 2.45) is 5.92 Å². The van der Waals surface area contributed by atoms with E-state index in [9.17, 15) is 5.11 Å². The second kappa shape index (κ2) is 8.90. The summed E-state index contributed by atoms with van der Waals surface area (Å²) < 4.78 is 11.1. The molecule has 0 aromatic rings. The summed E-state index contributed by atoms with van der Waals surface area (Å²) >= 11 is 0. The average molecular weight is 289 g/mol. The fourth-order valence-corrected chi connectivity index (χ4v) is 2.13. The molecule has 0 heterocycles. The van der Waals surface area contributed by atoms with Gasteiger partial charge >= 0.3 is 0 Å². The van der Waals surface area contributed by atoms with Gasteiger partial charge < -0.3 is 14.6 Å². The van der Waals surface area contributed by atoms with Crippen LogP contribution in [-0.4, -0.2) is 38.8 Å². The molecule has 4 heteroatoms. The van der Waals surface area contributed by atoms with Crippen molar-refractivity contribution in [2.75, 3.05) is 13.4 Å². The summed E-state index contributed by atoms with van der Waals surface area (Å²) in [5.41, 5.74) is 0.926. The van der Waals surface area contributed by atoms with Gasteiger partial charge in [-0.25, -0.2) is 0 Å². The summed E-state index contributed by atoms with van der Waals surface area (Å²) in [4.78, 5) is 0. The maximum atomic E-state index is 9.80. The molecular formula is C15H32O3Si. The van der Waals surface area contributed by atoms with Gasteiger partial charge in [-0.2, -0.15) is 0 Å². The maximum absolute atomic E-state index is 9.80. The number of hydrogen-bond donors (Lipinski definition) is 1. The highest BCUT2D eigenvalue weighted by Crippen LogP contribution is 2.16. The van der Waals surface area contributed by atoms with Gasteiger partial charge in [-0.05, 0) is 30.9 Å². The minimum atomic E-state index is -1.02. The Labute approximate surface area is 120 Å². The summed E-state index contributed by atoms with van der Waals surface area (Å²) in [6.45, 7) is 18.0. The molecule has 19 heavy (non-hydrogen) atoms. The van der Waals surface area contributed by atoms with E-state index in [1.54, 1.807) is 0 Å². The third kappa shape index (κ3) is 10.3. The van der Waals surface area contributed by atoms with Crippen molar-refractivity contribution in [1.29, 1.82) is 0 Å². The van der Waals surface area contributed by atoms with E-state index in [-0.39, 0.29) is 18.1 Å². The van der Waals surface area contributed by atoms with Gasteiger partial charge in [-0.3, -0.25) is 0 Å². The van der Waals surface area contributed by atoms with Crippen LogP contribution in [0.2, 0.25) is 25.7 Å². The molecular weight excluding hydrogens is 256 g/mol. The Balaban J connectivity index is 3.74. The van der Waals surface area contributed by atoms with Gasteiger partial charge in [0.25, 0.3) is 0 Å². The van der Waals surface area contributed by atoms with Gasteiger partial charge in [0.1, 0.15) is 6.79 Å². The second-order valence-electron chi connectivity index (χ2n) is 6.82. The van der Waals surface area contributed by atoms with Crippen molar-refractivity contribution in [3.8, 4) is 0 Å². The lowest BCUT2D eigenvalue weighted by Crippen LogP contribution is -2.23. The number of ether oxygens (including phenoxy) is 2. The van der Waals surface area contributed by atoms with Gasteiger partial charge in [0.05, 0.1) is 12.2 Å². The van der Waals surface area contributed by atoms with Crippen molar-refractivity contribution < 1.29 is 14.6 Å². The van der Waals surface area contributed by atoms with E-state index in [2.05, 4.69) is 26.2 Å². The van der Waals surface area contributed by atoms with Crippen molar-refractivity contribution in [2.45, 2.75) is 65.1 Å². The summed E-state index contributed by atoms with van der Waals surface area (Å²) in [5, 5.41) is 9.80. The van der Waals surface area contributed by atoms with Gasteiger partial charge in [-0.15, -0.1) is 0 Å². The monoisotopic (exact) mass is 288 g/mol. The van der Waals surface area contributed by atoms with Crippen LogP contribution < -0.4 is 0 Å². The lowest BCUT2D eigenvalue weighted by atomic mass is 9.98. The molecule has 0 unspecified atom stereocenters. The van der Waals surface area contributed by atoms with Crippen LogP contribution in [0.25, 0.3) is 0 Å². The highest BCUT2D eigenvalue weighted by molar-refractivity contribution is 6.76. The Morgan fingerprint density at radius 1 is 1.21 bits per heavy atom. The molecule has 0 aliphatic rings. The minimum Gasteiger partial charge on any atom is -0.393 e. The zero-order chi connectivity index (χ0) is 15.1. The van der Waals surface area contributed by atoms with Crippen LogP contribution in [0, 0.1) is 5.92 Å². The molecule has 2 atom stereocenters. The molecule has 0 aromatic heterocycles. The third-order valence-corrected chi connectivity index (χ3v) is 4.92. The zero-order valence-electron chi connectivity index (χ0n) is 13.5. The Kier molecular flexibility index (Phi) is 8.82. The van der Waals surface area contributed by atoms with E-state index in [4.69, 9.17) is 9.47 Å². The number of rotatable bonds is 10. The summed E-state index contributed by atoms with van der Waals surface area (Å²) in [7, 11) is -1.02. The Morgan fingerprint density at radius 3 is 2.26 bits per heavy atom. The molecule has 0 aliphatic carbocycles. The molecule has 1 N–H and O–H groups in total. The summed E-state index contributed by atoms with van der Waals surface area (Å²) in [6, 6.07) is 1.15. The first kappa shape index (κ1) is 18.8. The highest BCUT2D eigenvalue weighted by Gasteiger charge is 2.15. The van der Waals surface area contributed by atoms with Gasteiger partial charge in [-0.1, -0.05) is 40.1 Å². The molecule has 0 spiro atoms. The topological polar surface area (TPSA) is 38.7 Å². The van der Waals surface area contributed by atoms with Crippen LogP contribution in [0.3, 0.4) is 0 Å². The number of aliphatic hydroxyl groups excluding tert-OH is 1. The molecule has 3 nitrogen and oxygen atoms in total. The van der Waals surface area contributed by atoms with E-state index in [1.165, 1.54) is 0 Å². The highest BCUT2D eigenvalue weighted by atomic mass is 28.3. The fraction of sp³-hybridized carbons (Fsp3) is 0.867. The first-order valence-electron chi connectivity index (χ1n) is 7.18. The Morgan fingerprint density at radius 2 is 1.79 bits per heavy atom. The van der Waals surface area contributed by atoms with E-state index in [1.807, 2.05) is 20.8 Å². The molecule has 0 radical (unpaired) electrons. The van der Waals surface area contributed by atoms with Crippen LogP contribution in [0.5, 0.6) is 0 Å². The third-order valence-electron chi connectivity index (χ3n) is 3.21. The summed E-state index contributed by atoms with van der Waals surface area (Å²) in [5.74, 6) is 0.247. The molecule has 0 aliphatic heterocycles. The van der Waals surface area contributed by atoms with Gasteiger partial charge in [0, 0.05) is 14.7 Å². The first-order valence-corrected chi connectivity index (χ1v) is 10.9. The van der Waals surface area contributed by atoms with Crippen molar-refractivity contribution in [1.82, 2.24) is 0 Å². The molecule has 0 aromatic carbocycles. The van der Waals surface area contributed by atoms with Crippen LogP contribution in [0.1, 0.15) is 27.2 Å². The lowest BCUT2D eigenvalue weighted by molar-refractivity contribution is -0.0715. The van der Waals surface area contributed by atoms with Crippen LogP contribution in [-0.2, 0) is 9.47 Å². The molecule has 0 bridgehead atoms. The average Bonchev–Trinajstić information content (AvgIpc) is 2.26. The molecule has 0 amide bonds. The van der Waals surface area contributed by atoms with Crippen LogP contribution in [0.4, 0.5) is 0 Å². The molecule has 0 fully saturated rings. The normalized spacial score (nSPS) is 15.6. The van der Waals surface area contributed by atoms with E-state index < -0.39 is 8.07 Å². The van der Waals surface area contributed by atoms with Crippen molar-refractivity contribution in [3.05, 3.63) is 12.2 Å². The number of aliphatic hydroxyl groups is 1. The predicted molar refractivity (Wildman–Crippen MR) is 84.1 cm³/mol. The first-order chi connectivity index (χ1) is 8.63. The minimum absolute atomic E-state index is 0.0692. The Bertz CT molecular complexity index is 259. The van der Waals surface area contributed by atoms with Gasteiger partial charge in [0.2, 0.25) is 0 Å².